The van der Waals surface area contributed by atoms with Crippen LogP contribution >= 0.6 is 0 Å². The molecule has 0 heterocycles. The van der Waals surface area contributed by atoms with Crippen molar-refractivity contribution in [3.8, 4) is 17.2 Å². The van der Waals surface area contributed by atoms with Crippen LogP contribution in [0, 0.1) is 0 Å². The number of hydrogen-bond donors (Lipinski definition) is 1. The van der Waals surface area contributed by atoms with Gasteiger partial charge in [-0.15, -0.1) is 0 Å². The van der Waals surface area contributed by atoms with Gasteiger partial charge < -0.3 is 24.1 Å². The lowest BCUT2D eigenvalue weighted by Gasteiger charge is -2.15. The van der Waals surface area contributed by atoms with E-state index in [2.05, 4.69) is 0 Å². The van der Waals surface area contributed by atoms with Crippen molar-refractivity contribution in [2.75, 3.05) is 21.3 Å². The van der Waals surface area contributed by atoms with E-state index in [0.29, 0.717) is 29.1 Å². The molecule has 94 valence electrons. The van der Waals surface area contributed by atoms with Gasteiger partial charge in [0.05, 0.1) is 27.4 Å². The standard InChI is InChI=1S/C12H16O5/c1-15-10-6-8(9(14)4-5-13)7-11(16-2)12(10)17-3/h5-7,9,14H,4H2,1-3H3. The lowest BCUT2D eigenvalue weighted by Crippen LogP contribution is -2.02. The van der Waals surface area contributed by atoms with Gasteiger partial charge in [-0.05, 0) is 17.7 Å². The van der Waals surface area contributed by atoms with E-state index in [0.717, 1.165) is 0 Å². The quantitative estimate of drug-likeness (QED) is 0.760. The van der Waals surface area contributed by atoms with Gasteiger partial charge in [-0.1, -0.05) is 0 Å². The molecule has 0 fully saturated rings. The molecular weight excluding hydrogens is 224 g/mol. The lowest BCUT2D eigenvalue weighted by molar-refractivity contribution is -0.109. The first-order valence-electron chi connectivity index (χ1n) is 5.09. The topological polar surface area (TPSA) is 65.0 Å². The van der Waals surface area contributed by atoms with Gasteiger partial charge in [0.1, 0.15) is 6.29 Å². The van der Waals surface area contributed by atoms with Gasteiger partial charge in [-0.3, -0.25) is 0 Å². The molecule has 0 aliphatic carbocycles. The van der Waals surface area contributed by atoms with Crippen molar-refractivity contribution in [1.29, 1.82) is 0 Å². The molecule has 1 N–H and O–H groups in total. The highest BCUT2D eigenvalue weighted by molar-refractivity contribution is 5.56. The lowest BCUT2D eigenvalue weighted by atomic mass is 10.1. The normalized spacial score (nSPS) is 11.8. The second-order valence-electron chi connectivity index (χ2n) is 3.38. The zero-order valence-electron chi connectivity index (χ0n) is 10.1. The molecule has 1 unspecified atom stereocenters. The van der Waals surface area contributed by atoms with Gasteiger partial charge in [0, 0.05) is 6.42 Å². The molecule has 0 saturated carbocycles. The number of aldehydes is 1. The van der Waals surface area contributed by atoms with Crippen LogP contribution in [-0.2, 0) is 4.79 Å². The van der Waals surface area contributed by atoms with Crippen LogP contribution in [0.5, 0.6) is 17.2 Å². The maximum atomic E-state index is 10.4. The highest BCUT2D eigenvalue weighted by Crippen LogP contribution is 2.39. The van der Waals surface area contributed by atoms with Crippen molar-refractivity contribution in [1.82, 2.24) is 0 Å². The molecule has 1 aromatic rings. The minimum absolute atomic E-state index is 0.0264. The van der Waals surface area contributed by atoms with E-state index in [1.807, 2.05) is 0 Å². The Hall–Kier alpha value is -1.75. The molecule has 0 aromatic heterocycles. The fourth-order valence-electron chi connectivity index (χ4n) is 1.52. The molecule has 0 saturated heterocycles. The van der Waals surface area contributed by atoms with Crippen LogP contribution in [0.4, 0.5) is 0 Å². The first-order valence-corrected chi connectivity index (χ1v) is 5.09. The predicted molar refractivity (Wildman–Crippen MR) is 61.7 cm³/mol. The largest absolute Gasteiger partial charge is 0.493 e. The van der Waals surface area contributed by atoms with E-state index in [1.54, 1.807) is 12.1 Å². The second kappa shape index (κ2) is 6.10. The maximum absolute atomic E-state index is 10.4. The fraction of sp³-hybridized carbons (Fsp3) is 0.417. The smallest absolute Gasteiger partial charge is 0.203 e. The molecule has 0 spiro atoms. The van der Waals surface area contributed by atoms with E-state index in [4.69, 9.17) is 14.2 Å². The number of ether oxygens (including phenoxy) is 3. The van der Waals surface area contributed by atoms with E-state index in [-0.39, 0.29) is 6.42 Å². The zero-order chi connectivity index (χ0) is 12.8. The highest BCUT2D eigenvalue weighted by atomic mass is 16.5. The molecule has 0 aliphatic rings. The predicted octanol–water partition coefficient (Wildman–Crippen LogP) is 1.33. The number of hydrogen-bond acceptors (Lipinski definition) is 5. The molecule has 5 nitrogen and oxygen atoms in total. The van der Waals surface area contributed by atoms with Crippen LogP contribution in [0.15, 0.2) is 12.1 Å². The maximum Gasteiger partial charge on any atom is 0.203 e. The van der Waals surface area contributed by atoms with Crippen LogP contribution in [-0.4, -0.2) is 32.7 Å². The summed E-state index contributed by atoms with van der Waals surface area (Å²) in [4.78, 5) is 10.4. The molecule has 1 rings (SSSR count). The van der Waals surface area contributed by atoms with Crippen LogP contribution in [0.25, 0.3) is 0 Å². The van der Waals surface area contributed by atoms with E-state index in [9.17, 15) is 9.90 Å². The third-order valence-corrected chi connectivity index (χ3v) is 2.39. The summed E-state index contributed by atoms with van der Waals surface area (Å²) in [5, 5.41) is 9.74. The molecule has 0 amide bonds. The summed E-state index contributed by atoms with van der Waals surface area (Å²) in [5.41, 5.74) is 0.548. The van der Waals surface area contributed by atoms with Crippen molar-refractivity contribution >= 4 is 6.29 Å². The van der Waals surface area contributed by atoms with E-state index < -0.39 is 6.10 Å². The first-order chi connectivity index (χ1) is 8.17. The first kappa shape index (κ1) is 13.3. The second-order valence-corrected chi connectivity index (χ2v) is 3.38. The van der Waals surface area contributed by atoms with Gasteiger partial charge in [0.15, 0.2) is 11.5 Å². The summed E-state index contributed by atoms with van der Waals surface area (Å²) in [7, 11) is 4.49. The van der Waals surface area contributed by atoms with Gasteiger partial charge in [0.2, 0.25) is 5.75 Å². The Bertz CT molecular complexity index is 363. The summed E-state index contributed by atoms with van der Waals surface area (Å²) in [6.45, 7) is 0. The average molecular weight is 240 g/mol. The molecule has 1 atom stereocenters. The molecule has 17 heavy (non-hydrogen) atoms. The Labute approximate surface area is 99.9 Å². The number of aliphatic hydroxyl groups excluding tert-OH is 1. The summed E-state index contributed by atoms with van der Waals surface area (Å²) in [6, 6.07) is 3.24. The number of aliphatic hydroxyl groups is 1. The number of carbonyl (C=O) groups excluding carboxylic acids is 1. The minimum Gasteiger partial charge on any atom is -0.493 e. The number of rotatable bonds is 6. The Morgan fingerprint density at radius 3 is 2.06 bits per heavy atom. The van der Waals surface area contributed by atoms with Gasteiger partial charge >= 0.3 is 0 Å². The molecule has 0 bridgehead atoms. The van der Waals surface area contributed by atoms with Crippen molar-refractivity contribution in [2.24, 2.45) is 0 Å². The highest BCUT2D eigenvalue weighted by Gasteiger charge is 2.16. The number of methoxy groups -OCH3 is 3. The average Bonchev–Trinajstić information content (AvgIpc) is 2.37. The van der Waals surface area contributed by atoms with E-state index >= 15 is 0 Å². The Morgan fingerprint density at radius 2 is 1.71 bits per heavy atom. The van der Waals surface area contributed by atoms with Crippen LogP contribution in [0.2, 0.25) is 0 Å². The number of carbonyl (C=O) groups is 1. The van der Waals surface area contributed by atoms with Crippen molar-refractivity contribution < 1.29 is 24.1 Å². The molecule has 0 radical (unpaired) electrons. The van der Waals surface area contributed by atoms with Crippen molar-refractivity contribution in [2.45, 2.75) is 12.5 Å². The van der Waals surface area contributed by atoms with Gasteiger partial charge in [-0.2, -0.15) is 0 Å². The van der Waals surface area contributed by atoms with Crippen LogP contribution in [0.1, 0.15) is 18.1 Å². The van der Waals surface area contributed by atoms with Crippen molar-refractivity contribution in [3.05, 3.63) is 17.7 Å². The molecule has 5 heteroatoms. The summed E-state index contributed by atoms with van der Waals surface area (Å²) in [6.07, 6.45) is -0.187. The number of benzene rings is 1. The summed E-state index contributed by atoms with van der Waals surface area (Å²) >= 11 is 0. The Balaban J connectivity index is 3.21. The molecule has 1 aromatic carbocycles. The van der Waals surface area contributed by atoms with Gasteiger partial charge in [-0.25, -0.2) is 0 Å². The van der Waals surface area contributed by atoms with Crippen molar-refractivity contribution in [3.63, 3.8) is 0 Å². The van der Waals surface area contributed by atoms with Gasteiger partial charge in [0.25, 0.3) is 0 Å². The summed E-state index contributed by atoms with van der Waals surface area (Å²) in [5.74, 6) is 1.36. The molecular formula is C12H16O5. The summed E-state index contributed by atoms with van der Waals surface area (Å²) < 4.78 is 15.4. The monoisotopic (exact) mass is 240 g/mol. The SMILES string of the molecule is COc1cc(C(O)CC=O)cc(OC)c1OC. The minimum atomic E-state index is -0.874. The molecule has 0 aliphatic heterocycles. The zero-order valence-corrected chi connectivity index (χ0v) is 10.1. The third kappa shape index (κ3) is 2.88. The van der Waals surface area contributed by atoms with Crippen LogP contribution < -0.4 is 14.2 Å². The van der Waals surface area contributed by atoms with Crippen LogP contribution in [0.3, 0.4) is 0 Å². The Kier molecular flexibility index (Phi) is 4.78. The van der Waals surface area contributed by atoms with E-state index in [1.165, 1.54) is 21.3 Å². The Morgan fingerprint density at radius 1 is 1.18 bits per heavy atom. The fourth-order valence-corrected chi connectivity index (χ4v) is 1.52. The third-order valence-electron chi connectivity index (χ3n) is 2.39.